The smallest absolute Gasteiger partial charge is 0.320 e. The summed E-state index contributed by atoms with van der Waals surface area (Å²) in [5.74, 6) is 0.0216. The molecule has 1 aliphatic heterocycles. The molecule has 0 aliphatic carbocycles. The van der Waals surface area contributed by atoms with E-state index in [2.05, 4.69) is 5.32 Å². The van der Waals surface area contributed by atoms with E-state index in [4.69, 9.17) is 9.47 Å². The molecule has 1 heterocycles. The van der Waals surface area contributed by atoms with E-state index < -0.39 is 0 Å². The van der Waals surface area contributed by atoms with Gasteiger partial charge in [-0.3, -0.25) is 9.59 Å². The van der Waals surface area contributed by atoms with Crippen LogP contribution in [-0.2, 0) is 27.3 Å². The number of benzene rings is 2. The second kappa shape index (κ2) is 8.07. The number of nitrogens with one attached hydrogen (secondary N) is 1. The Morgan fingerprint density at radius 3 is 2.72 bits per heavy atom. The highest BCUT2D eigenvalue weighted by Gasteiger charge is 2.29. The third kappa shape index (κ3) is 4.33. The van der Waals surface area contributed by atoms with E-state index in [0.29, 0.717) is 18.7 Å². The van der Waals surface area contributed by atoms with Crippen molar-refractivity contribution in [2.24, 2.45) is 0 Å². The van der Waals surface area contributed by atoms with Crippen LogP contribution in [0.5, 0.6) is 5.75 Å². The monoisotopic (exact) mass is 357 g/mol. The normalized spacial score (nSPS) is 15.3. The minimum absolute atomic E-state index is 0.276. The number of carbonyl (C=O) groups is 2. The minimum Gasteiger partial charge on any atom is -0.496 e. The number of rotatable bonds is 6. The zero-order valence-electron chi connectivity index (χ0n) is 13.9. The fraction of sp³-hybridized carbons (Fsp3) is 0.263. The third-order valence-corrected chi connectivity index (χ3v) is 5.22. The van der Waals surface area contributed by atoms with Crippen molar-refractivity contribution in [2.75, 3.05) is 13.7 Å². The molecule has 2 aromatic rings. The average molecular weight is 357 g/mol. The van der Waals surface area contributed by atoms with E-state index >= 15 is 0 Å². The number of para-hydroxylation sites is 1. The number of fused-ring (bicyclic) bond motifs is 1. The van der Waals surface area contributed by atoms with Gasteiger partial charge in [0.15, 0.2) is 6.61 Å². The first-order valence-electron chi connectivity index (χ1n) is 7.97. The van der Waals surface area contributed by atoms with Gasteiger partial charge in [-0.05, 0) is 24.1 Å². The molecule has 0 radical (unpaired) electrons. The summed E-state index contributed by atoms with van der Waals surface area (Å²) >= 11 is 1.49. The molecular formula is C19H19NO4S. The SMILES string of the molecule is COc1ccccc1CNC(=O)COC(=O)C1Cc2ccccc2S1. The lowest BCUT2D eigenvalue weighted by molar-refractivity contribution is -0.147. The molecule has 2 aromatic carbocycles. The predicted molar refractivity (Wildman–Crippen MR) is 95.6 cm³/mol. The number of hydrogen-bond donors (Lipinski definition) is 1. The third-order valence-electron chi connectivity index (χ3n) is 3.92. The molecule has 5 nitrogen and oxygen atoms in total. The average Bonchev–Trinajstić information content (AvgIpc) is 3.09. The number of amides is 1. The molecular weight excluding hydrogens is 338 g/mol. The van der Waals surface area contributed by atoms with Crippen LogP contribution in [0.1, 0.15) is 11.1 Å². The van der Waals surface area contributed by atoms with Gasteiger partial charge in [-0.2, -0.15) is 0 Å². The molecule has 0 bridgehead atoms. The van der Waals surface area contributed by atoms with Crippen LogP contribution in [0, 0.1) is 0 Å². The summed E-state index contributed by atoms with van der Waals surface area (Å²) in [7, 11) is 1.58. The maximum absolute atomic E-state index is 12.1. The van der Waals surface area contributed by atoms with Gasteiger partial charge in [0.1, 0.15) is 11.0 Å². The molecule has 1 N–H and O–H groups in total. The molecule has 0 fully saturated rings. The molecule has 1 amide bonds. The van der Waals surface area contributed by atoms with E-state index in [1.807, 2.05) is 48.5 Å². The Labute approximate surface area is 150 Å². The summed E-state index contributed by atoms with van der Waals surface area (Å²) in [6.07, 6.45) is 0.641. The quantitative estimate of drug-likeness (QED) is 0.805. The van der Waals surface area contributed by atoms with E-state index in [9.17, 15) is 9.59 Å². The van der Waals surface area contributed by atoms with Crippen molar-refractivity contribution in [2.45, 2.75) is 23.1 Å². The first kappa shape index (κ1) is 17.4. The van der Waals surface area contributed by atoms with Crippen molar-refractivity contribution in [3.8, 4) is 5.75 Å². The summed E-state index contributed by atoms with van der Waals surface area (Å²) in [5.41, 5.74) is 2.02. The maximum atomic E-state index is 12.1. The Morgan fingerprint density at radius 1 is 1.16 bits per heavy atom. The van der Waals surface area contributed by atoms with Crippen molar-refractivity contribution in [1.82, 2.24) is 5.32 Å². The van der Waals surface area contributed by atoms with Crippen LogP contribution in [-0.4, -0.2) is 30.8 Å². The Morgan fingerprint density at radius 2 is 1.92 bits per heavy atom. The first-order chi connectivity index (χ1) is 12.2. The molecule has 0 spiro atoms. The number of thioether (sulfide) groups is 1. The number of hydrogen-bond acceptors (Lipinski definition) is 5. The van der Waals surface area contributed by atoms with Crippen molar-refractivity contribution in [3.05, 3.63) is 59.7 Å². The zero-order valence-corrected chi connectivity index (χ0v) is 14.7. The summed E-state index contributed by atoms with van der Waals surface area (Å²) in [6.45, 7) is 0.0470. The number of ether oxygens (including phenoxy) is 2. The van der Waals surface area contributed by atoms with Gasteiger partial charge >= 0.3 is 5.97 Å². The highest BCUT2D eigenvalue weighted by molar-refractivity contribution is 8.01. The standard InChI is InChI=1S/C19H19NO4S/c1-23-15-8-4-2-7-14(15)11-20-18(21)12-24-19(22)17-10-13-6-3-5-9-16(13)25-17/h2-9,17H,10-12H2,1H3,(H,20,21). The minimum atomic E-state index is -0.353. The Kier molecular flexibility index (Phi) is 5.60. The van der Waals surface area contributed by atoms with Crippen molar-refractivity contribution in [1.29, 1.82) is 0 Å². The van der Waals surface area contributed by atoms with Gasteiger partial charge in [-0.15, -0.1) is 11.8 Å². The molecule has 1 atom stereocenters. The Bertz CT molecular complexity index is 753. The lowest BCUT2D eigenvalue weighted by Gasteiger charge is -2.11. The van der Waals surface area contributed by atoms with Crippen LogP contribution < -0.4 is 10.1 Å². The zero-order chi connectivity index (χ0) is 17.6. The summed E-state index contributed by atoms with van der Waals surface area (Å²) in [6, 6.07) is 15.3. The van der Waals surface area contributed by atoms with Gasteiger partial charge in [-0.25, -0.2) is 0 Å². The van der Waals surface area contributed by atoms with Crippen LogP contribution >= 0.6 is 11.8 Å². The Balaban J connectivity index is 1.44. The second-order valence-corrected chi connectivity index (χ2v) is 6.86. The molecule has 6 heteroatoms. The molecule has 25 heavy (non-hydrogen) atoms. The molecule has 0 saturated carbocycles. The van der Waals surface area contributed by atoms with Gasteiger partial charge in [0, 0.05) is 17.0 Å². The van der Waals surface area contributed by atoms with Gasteiger partial charge < -0.3 is 14.8 Å². The number of esters is 1. The fourth-order valence-electron chi connectivity index (χ4n) is 2.64. The molecule has 1 unspecified atom stereocenters. The lowest BCUT2D eigenvalue weighted by atomic mass is 10.1. The van der Waals surface area contributed by atoms with Crippen LogP contribution in [0.15, 0.2) is 53.4 Å². The van der Waals surface area contributed by atoms with Crippen LogP contribution in [0.25, 0.3) is 0 Å². The van der Waals surface area contributed by atoms with Crippen molar-refractivity contribution >= 4 is 23.6 Å². The molecule has 0 saturated heterocycles. The van der Waals surface area contributed by atoms with Crippen molar-refractivity contribution < 1.29 is 19.1 Å². The van der Waals surface area contributed by atoms with Crippen LogP contribution in [0.3, 0.4) is 0 Å². The summed E-state index contributed by atoms with van der Waals surface area (Å²) in [5, 5.41) is 2.46. The Hall–Kier alpha value is -2.47. The van der Waals surface area contributed by atoms with Gasteiger partial charge in [-0.1, -0.05) is 36.4 Å². The largest absolute Gasteiger partial charge is 0.496 e. The number of carbonyl (C=O) groups excluding carboxylic acids is 2. The predicted octanol–water partition coefficient (Wildman–Crippen LogP) is 2.57. The molecule has 1 aliphatic rings. The van der Waals surface area contributed by atoms with Crippen molar-refractivity contribution in [3.63, 3.8) is 0 Å². The summed E-state index contributed by atoms with van der Waals surface area (Å²) < 4.78 is 10.4. The van der Waals surface area contributed by atoms with E-state index in [1.54, 1.807) is 7.11 Å². The van der Waals surface area contributed by atoms with Crippen LogP contribution in [0.4, 0.5) is 0 Å². The molecule has 3 rings (SSSR count). The van der Waals surface area contributed by atoms with Crippen LogP contribution in [0.2, 0.25) is 0 Å². The molecule has 0 aromatic heterocycles. The van der Waals surface area contributed by atoms with E-state index in [0.717, 1.165) is 16.0 Å². The van der Waals surface area contributed by atoms with Gasteiger partial charge in [0.05, 0.1) is 7.11 Å². The highest BCUT2D eigenvalue weighted by Crippen LogP contribution is 2.37. The maximum Gasteiger partial charge on any atom is 0.320 e. The topological polar surface area (TPSA) is 64.6 Å². The first-order valence-corrected chi connectivity index (χ1v) is 8.85. The second-order valence-electron chi connectivity index (χ2n) is 5.61. The van der Waals surface area contributed by atoms with Gasteiger partial charge in [0.2, 0.25) is 0 Å². The van der Waals surface area contributed by atoms with E-state index in [1.165, 1.54) is 11.8 Å². The molecule has 130 valence electrons. The summed E-state index contributed by atoms with van der Waals surface area (Å²) in [4.78, 5) is 25.2. The lowest BCUT2D eigenvalue weighted by Crippen LogP contribution is -2.30. The highest BCUT2D eigenvalue weighted by atomic mass is 32.2. The van der Waals surface area contributed by atoms with E-state index in [-0.39, 0.29) is 23.7 Å². The van der Waals surface area contributed by atoms with Gasteiger partial charge in [0.25, 0.3) is 5.91 Å². The number of methoxy groups -OCH3 is 1. The fourth-order valence-corrected chi connectivity index (χ4v) is 3.83.